The fourth-order valence-corrected chi connectivity index (χ4v) is 3.97. The smallest absolute Gasteiger partial charge is 0.324 e. The maximum atomic E-state index is 12.3. The average Bonchev–Trinajstić information content (AvgIpc) is 3.03. The Bertz CT molecular complexity index is 1160. The van der Waals surface area contributed by atoms with Crippen molar-refractivity contribution in [3.05, 3.63) is 71.0 Å². The fourth-order valence-electron chi connectivity index (χ4n) is 2.65. The molecule has 3 rings (SSSR count). The molecule has 144 valence electrons. The molecule has 1 aromatic carbocycles. The van der Waals surface area contributed by atoms with Crippen molar-refractivity contribution in [1.82, 2.24) is 9.12 Å². The Kier molecular flexibility index (Phi) is 5.70. The third-order valence-electron chi connectivity index (χ3n) is 4.05. The summed E-state index contributed by atoms with van der Waals surface area (Å²) in [5, 5.41) is 9.78. The molecule has 0 aliphatic carbocycles. The number of aromatic nitrogens is 1. The number of carbonyl (C=O) groups is 1. The van der Waals surface area contributed by atoms with Crippen LogP contribution in [0.4, 0.5) is 0 Å². The van der Waals surface area contributed by atoms with E-state index in [0.717, 1.165) is 0 Å². The van der Waals surface area contributed by atoms with Gasteiger partial charge in [0.1, 0.15) is 18.7 Å². The average molecular weight is 418 g/mol. The second-order valence-corrected chi connectivity index (χ2v) is 8.19. The molecule has 1 N–H and O–H groups in total. The number of sulfonamides is 1. The van der Waals surface area contributed by atoms with Gasteiger partial charge in [0.25, 0.3) is 0 Å². The molecular formula is C19H16ClN3O4S. The zero-order valence-electron chi connectivity index (χ0n) is 14.8. The molecule has 1 atom stereocenters. The number of pyridine rings is 1. The highest BCUT2D eigenvalue weighted by molar-refractivity contribution is 7.89. The van der Waals surface area contributed by atoms with E-state index >= 15 is 0 Å². The van der Waals surface area contributed by atoms with E-state index in [4.69, 9.17) is 16.3 Å². The second-order valence-electron chi connectivity index (χ2n) is 6.04. The van der Waals surface area contributed by atoms with Crippen molar-refractivity contribution < 1.29 is 17.9 Å². The van der Waals surface area contributed by atoms with E-state index in [2.05, 4.69) is 10.8 Å². The van der Waals surface area contributed by atoms with Crippen LogP contribution in [0.1, 0.15) is 18.1 Å². The lowest BCUT2D eigenvalue weighted by Crippen LogP contribution is -2.39. The SMILES string of the molecule is CC(NS(=O)(=O)c1ccc(Cl)cc1)C(=O)OCc1cn2ccccc2c1C#N. The lowest BCUT2D eigenvalue weighted by atomic mass is 10.2. The molecule has 0 saturated carbocycles. The first-order valence-electron chi connectivity index (χ1n) is 8.25. The number of hydrogen-bond acceptors (Lipinski definition) is 5. The molecule has 0 spiro atoms. The fraction of sp³-hybridized carbons (Fsp3) is 0.158. The predicted molar refractivity (Wildman–Crippen MR) is 103 cm³/mol. The largest absolute Gasteiger partial charge is 0.460 e. The first-order chi connectivity index (χ1) is 13.3. The summed E-state index contributed by atoms with van der Waals surface area (Å²) in [7, 11) is -3.90. The lowest BCUT2D eigenvalue weighted by molar-refractivity contribution is -0.146. The Morgan fingerprint density at radius 3 is 2.68 bits per heavy atom. The number of nitriles is 1. The number of nitrogens with one attached hydrogen (secondary N) is 1. The van der Waals surface area contributed by atoms with Crippen molar-refractivity contribution in [2.45, 2.75) is 24.5 Å². The van der Waals surface area contributed by atoms with Crippen molar-refractivity contribution in [1.29, 1.82) is 5.26 Å². The third-order valence-corrected chi connectivity index (χ3v) is 5.86. The Morgan fingerprint density at radius 2 is 2.00 bits per heavy atom. The molecule has 7 nitrogen and oxygen atoms in total. The van der Waals surface area contributed by atoms with Crippen LogP contribution in [0.25, 0.3) is 5.52 Å². The van der Waals surface area contributed by atoms with E-state index in [1.165, 1.54) is 31.2 Å². The van der Waals surface area contributed by atoms with Gasteiger partial charge >= 0.3 is 5.97 Å². The van der Waals surface area contributed by atoms with Gasteiger partial charge in [-0.05, 0) is 43.3 Å². The molecule has 0 amide bonds. The molecule has 0 aliphatic heterocycles. The number of halogens is 1. The number of nitrogens with zero attached hydrogens (tertiary/aromatic N) is 2. The van der Waals surface area contributed by atoms with Crippen LogP contribution in [-0.4, -0.2) is 24.8 Å². The van der Waals surface area contributed by atoms with E-state index in [1.54, 1.807) is 28.9 Å². The molecule has 2 heterocycles. The molecular weight excluding hydrogens is 402 g/mol. The monoisotopic (exact) mass is 417 g/mol. The molecule has 0 bridgehead atoms. The van der Waals surface area contributed by atoms with Crippen molar-refractivity contribution in [2.24, 2.45) is 0 Å². The minimum absolute atomic E-state index is 0.0120. The summed E-state index contributed by atoms with van der Waals surface area (Å²) in [5.74, 6) is -0.753. The minimum atomic E-state index is -3.90. The highest BCUT2D eigenvalue weighted by Gasteiger charge is 2.23. The van der Waals surface area contributed by atoms with Crippen LogP contribution >= 0.6 is 11.6 Å². The van der Waals surface area contributed by atoms with Gasteiger partial charge in [-0.25, -0.2) is 8.42 Å². The first-order valence-corrected chi connectivity index (χ1v) is 10.1. The number of fused-ring (bicyclic) bond motifs is 1. The molecule has 0 radical (unpaired) electrons. The van der Waals surface area contributed by atoms with E-state index in [1.807, 2.05) is 6.07 Å². The van der Waals surface area contributed by atoms with Gasteiger partial charge in [0.05, 0.1) is 16.0 Å². The first kappa shape index (κ1) is 19.9. The summed E-state index contributed by atoms with van der Waals surface area (Å²) in [4.78, 5) is 12.2. The number of benzene rings is 1. The molecule has 2 aromatic heterocycles. The van der Waals surface area contributed by atoms with Crippen LogP contribution in [0, 0.1) is 11.3 Å². The summed E-state index contributed by atoms with van der Waals surface area (Å²) in [6.45, 7) is 1.24. The van der Waals surface area contributed by atoms with Gasteiger partial charge in [0.15, 0.2) is 0 Å². The maximum Gasteiger partial charge on any atom is 0.324 e. The summed E-state index contributed by atoms with van der Waals surface area (Å²) in [6.07, 6.45) is 3.48. The zero-order chi connectivity index (χ0) is 20.3. The molecule has 1 unspecified atom stereocenters. The van der Waals surface area contributed by atoms with Gasteiger partial charge < -0.3 is 9.14 Å². The molecule has 9 heteroatoms. The maximum absolute atomic E-state index is 12.3. The van der Waals surface area contributed by atoms with Crippen molar-refractivity contribution in [2.75, 3.05) is 0 Å². The number of carbonyl (C=O) groups excluding carboxylic acids is 1. The van der Waals surface area contributed by atoms with Gasteiger partial charge in [-0.3, -0.25) is 4.79 Å². The van der Waals surface area contributed by atoms with Gasteiger partial charge in [-0.1, -0.05) is 17.7 Å². The highest BCUT2D eigenvalue weighted by atomic mass is 35.5. The van der Waals surface area contributed by atoms with Gasteiger partial charge in [0.2, 0.25) is 10.0 Å². The van der Waals surface area contributed by atoms with E-state index in [-0.39, 0.29) is 11.5 Å². The third kappa shape index (κ3) is 4.17. The highest BCUT2D eigenvalue weighted by Crippen LogP contribution is 2.19. The zero-order valence-corrected chi connectivity index (χ0v) is 16.4. The molecule has 0 aliphatic rings. The molecule has 0 fully saturated rings. The van der Waals surface area contributed by atoms with Crippen LogP contribution < -0.4 is 4.72 Å². The van der Waals surface area contributed by atoms with Crippen LogP contribution in [0.15, 0.2) is 59.8 Å². The summed E-state index contributed by atoms with van der Waals surface area (Å²) < 4.78 is 33.9. The second kappa shape index (κ2) is 8.02. The minimum Gasteiger partial charge on any atom is -0.460 e. The number of ether oxygens (including phenoxy) is 1. The number of esters is 1. The lowest BCUT2D eigenvalue weighted by Gasteiger charge is -2.13. The Hall–Kier alpha value is -2.86. The topological polar surface area (TPSA) is 101 Å². The number of rotatable bonds is 6. The summed E-state index contributed by atoms with van der Waals surface area (Å²) in [5.41, 5.74) is 1.64. The molecule has 3 aromatic rings. The van der Waals surface area contributed by atoms with Crippen LogP contribution in [0.2, 0.25) is 5.02 Å². The summed E-state index contributed by atoms with van der Waals surface area (Å²) >= 11 is 5.76. The molecule has 28 heavy (non-hydrogen) atoms. The Balaban J connectivity index is 1.68. The molecule has 0 saturated heterocycles. The van der Waals surface area contributed by atoms with Gasteiger partial charge in [-0.15, -0.1) is 0 Å². The normalized spacial score (nSPS) is 12.5. The van der Waals surface area contributed by atoms with E-state index in [0.29, 0.717) is 21.7 Å². The van der Waals surface area contributed by atoms with Gasteiger partial charge in [0, 0.05) is 23.0 Å². The number of hydrogen-bond donors (Lipinski definition) is 1. The van der Waals surface area contributed by atoms with E-state index < -0.39 is 22.0 Å². The van der Waals surface area contributed by atoms with E-state index in [9.17, 15) is 18.5 Å². The van der Waals surface area contributed by atoms with Crippen LogP contribution in [0.5, 0.6) is 0 Å². The standard InChI is InChI=1S/C19H16ClN3O4S/c1-13(22-28(25,26)16-7-5-15(20)6-8-16)19(24)27-12-14-11-23-9-3-2-4-18(23)17(14)10-21/h2-9,11,13,22H,12H2,1H3. The van der Waals surface area contributed by atoms with Crippen molar-refractivity contribution >= 4 is 33.1 Å². The quantitative estimate of drug-likeness (QED) is 0.621. The predicted octanol–water partition coefficient (Wildman–Crippen LogP) is 2.87. The summed E-state index contributed by atoms with van der Waals surface area (Å²) in [6, 6.07) is 12.0. The van der Waals surface area contributed by atoms with Gasteiger partial charge in [-0.2, -0.15) is 9.98 Å². The van der Waals surface area contributed by atoms with Crippen LogP contribution in [0.3, 0.4) is 0 Å². The van der Waals surface area contributed by atoms with Crippen molar-refractivity contribution in [3.8, 4) is 6.07 Å². The van der Waals surface area contributed by atoms with Crippen molar-refractivity contribution in [3.63, 3.8) is 0 Å². The Morgan fingerprint density at radius 1 is 1.29 bits per heavy atom. The Labute approximate surface area is 167 Å². The van der Waals surface area contributed by atoms with Crippen LogP contribution in [-0.2, 0) is 26.2 Å².